The van der Waals surface area contributed by atoms with Crippen molar-refractivity contribution in [2.24, 2.45) is 34.0 Å². The van der Waals surface area contributed by atoms with E-state index in [2.05, 4.69) is 26.8 Å². The Morgan fingerprint density at radius 2 is 1.69 bits per heavy atom. The van der Waals surface area contributed by atoms with Crippen molar-refractivity contribution in [3.8, 4) is 0 Å². The van der Waals surface area contributed by atoms with Gasteiger partial charge in [-0.25, -0.2) is 0 Å². The Hall–Kier alpha value is -1.79. The van der Waals surface area contributed by atoms with Gasteiger partial charge in [0.05, 0.1) is 11.0 Å². The maximum absolute atomic E-state index is 13.9. The molecule has 190 valence electrons. The average molecular weight is 499 g/mol. The highest BCUT2D eigenvalue weighted by Crippen LogP contribution is 2.70. The van der Waals surface area contributed by atoms with Crippen molar-refractivity contribution >= 4 is 21.7 Å². The molecule has 5 rings (SSSR count). The van der Waals surface area contributed by atoms with Gasteiger partial charge in [-0.3, -0.25) is 13.8 Å². The molecular weight excluding hydrogens is 460 g/mol. The summed E-state index contributed by atoms with van der Waals surface area (Å²) in [5.41, 5.74) is 1.17. The molecule has 0 radical (unpaired) electrons. The molecule has 4 aliphatic rings. The first kappa shape index (κ1) is 24.9. The summed E-state index contributed by atoms with van der Waals surface area (Å²) in [5.74, 6) is 0.880. The molecular formula is C29H38O5S. The molecule has 5 nitrogen and oxygen atoms in total. The quantitative estimate of drug-likeness (QED) is 0.490. The van der Waals surface area contributed by atoms with E-state index in [1.54, 1.807) is 31.2 Å². The highest BCUT2D eigenvalue weighted by Gasteiger charge is 2.67. The van der Waals surface area contributed by atoms with Crippen LogP contribution in [0, 0.1) is 40.9 Å². The molecule has 0 bridgehead atoms. The smallest absolute Gasteiger partial charge is 0.297 e. The average Bonchev–Trinajstić information content (AvgIpc) is 3.12. The summed E-state index contributed by atoms with van der Waals surface area (Å²) in [6, 6.07) is 6.78. The van der Waals surface area contributed by atoms with Crippen molar-refractivity contribution in [2.75, 3.05) is 0 Å². The molecule has 3 fully saturated rings. The number of carbonyl (C=O) groups is 2. The molecule has 0 amide bonds. The van der Waals surface area contributed by atoms with Gasteiger partial charge < -0.3 is 0 Å². The Morgan fingerprint density at radius 3 is 2.34 bits per heavy atom. The SMILES string of the molecule is CC(=O)C1=CC[C@H]2[C@]3(C)CC[C@H]4C[C@H](OS(=O)(=O)c5ccc(C)cc5)CC[C@]4(C)[C@H]3C(=O)C[C@]12C. The van der Waals surface area contributed by atoms with E-state index in [-0.39, 0.29) is 44.9 Å². The summed E-state index contributed by atoms with van der Waals surface area (Å²) in [6.07, 6.45) is 7.03. The van der Waals surface area contributed by atoms with Crippen molar-refractivity contribution in [1.82, 2.24) is 0 Å². The number of hydrogen-bond donors (Lipinski definition) is 0. The van der Waals surface area contributed by atoms with E-state index in [4.69, 9.17) is 4.18 Å². The van der Waals surface area contributed by atoms with Crippen molar-refractivity contribution in [1.29, 1.82) is 0 Å². The van der Waals surface area contributed by atoms with E-state index in [0.717, 1.165) is 36.8 Å². The summed E-state index contributed by atoms with van der Waals surface area (Å²) in [7, 11) is -3.82. The van der Waals surface area contributed by atoms with Gasteiger partial charge in [0.25, 0.3) is 10.1 Å². The molecule has 3 saturated carbocycles. The lowest BCUT2D eigenvalue weighted by Crippen LogP contribution is -2.62. The second-order valence-corrected chi connectivity index (χ2v) is 14.0. The summed E-state index contributed by atoms with van der Waals surface area (Å²) in [6.45, 7) is 10.2. The van der Waals surface area contributed by atoms with Crippen LogP contribution < -0.4 is 0 Å². The summed E-state index contributed by atoms with van der Waals surface area (Å²) < 4.78 is 31.6. The zero-order valence-electron chi connectivity index (χ0n) is 21.6. The number of allylic oxidation sites excluding steroid dienone is 2. The van der Waals surface area contributed by atoms with Crippen LogP contribution in [0.2, 0.25) is 0 Å². The van der Waals surface area contributed by atoms with Crippen LogP contribution in [0.1, 0.15) is 78.2 Å². The lowest BCUT2D eigenvalue weighted by Gasteiger charge is -2.64. The van der Waals surface area contributed by atoms with Gasteiger partial charge in [0.1, 0.15) is 5.78 Å². The number of Topliss-reactive ketones (excluding diaryl/α,β-unsaturated/α-hetero) is 2. The van der Waals surface area contributed by atoms with Crippen molar-refractivity contribution < 1.29 is 22.2 Å². The van der Waals surface area contributed by atoms with Crippen LogP contribution in [0.4, 0.5) is 0 Å². The number of aryl methyl sites for hydroxylation is 1. The zero-order valence-corrected chi connectivity index (χ0v) is 22.4. The fourth-order valence-corrected chi connectivity index (χ4v) is 9.98. The molecule has 6 heteroatoms. The Labute approximate surface area is 209 Å². The third-order valence-electron chi connectivity index (χ3n) is 10.4. The molecule has 0 aromatic heterocycles. The first-order valence-electron chi connectivity index (χ1n) is 13.1. The Kier molecular flexibility index (Phi) is 5.76. The van der Waals surface area contributed by atoms with Crippen LogP contribution in [0.3, 0.4) is 0 Å². The predicted octanol–water partition coefficient (Wildman–Crippen LogP) is 5.81. The summed E-state index contributed by atoms with van der Waals surface area (Å²) in [5, 5.41) is 0. The number of rotatable bonds is 4. The van der Waals surface area contributed by atoms with E-state index in [1.165, 1.54) is 0 Å². The molecule has 0 unspecified atom stereocenters. The van der Waals surface area contributed by atoms with Gasteiger partial charge in [-0.05, 0) is 92.7 Å². The first-order valence-corrected chi connectivity index (χ1v) is 14.5. The van der Waals surface area contributed by atoms with Gasteiger partial charge in [-0.2, -0.15) is 8.42 Å². The van der Waals surface area contributed by atoms with Gasteiger partial charge in [-0.15, -0.1) is 0 Å². The van der Waals surface area contributed by atoms with E-state index in [9.17, 15) is 18.0 Å². The lowest BCUT2D eigenvalue weighted by atomic mass is 9.39. The second-order valence-electron chi connectivity index (χ2n) is 12.5. The second kappa shape index (κ2) is 8.11. The lowest BCUT2D eigenvalue weighted by molar-refractivity contribution is -0.178. The highest BCUT2D eigenvalue weighted by atomic mass is 32.2. The third-order valence-corrected chi connectivity index (χ3v) is 11.8. The van der Waals surface area contributed by atoms with E-state index >= 15 is 0 Å². The van der Waals surface area contributed by atoms with Gasteiger partial charge in [0, 0.05) is 17.8 Å². The van der Waals surface area contributed by atoms with Crippen LogP contribution in [0.15, 0.2) is 40.8 Å². The fraction of sp³-hybridized carbons (Fsp3) is 0.655. The minimum Gasteiger partial charge on any atom is -0.299 e. The molecule has 0 aliphatic heterocycles. The first-order chi connectivity index (χ1) is 16.3. The van der Waals surface area contributed by atoms with Crippen LogP contribution in [-0.2, 0) is 23.9 Å². The van der Waals surface area contributed by atoms with Crippen molar-refractivity contribution in [3.05, 3.63) is 41.5 Å². The molecule has 0 spiro atoms. The number of hydrogen-bond acceptors (Lipinski definition) is 5. The van der Waals surface area contributed by atoms with Crippen LogP contribution in [0.25, 0.3) is 0 Å². The maximum Gasteiger partial charge on any atom is 0.297 e. The largest absolute Gasteiger partial charge is 0.299 e. The normalized spacial score (nSPS) is 40.9. The van der Waals surface area contributed by atoms with E-state index in [0.29, 0.717) is 31.0 Å². The fourth-order valence-electron chi connectivity index (χ4n) is 8.87. The highest BCUT2D eigenvalue weighted by molar-refractivity contribution is 7.86. The molecule has 7 atom stereocenters. The number of benzene rings is 1. The zero-order chi connectivity index (χ0) is 25.4. The number of carbonyl (C=O) groups excluding carboxylic acids is 2. The molecule has 0 heterocycles. The van der Waals surface area contributed by atoms with Gasteiger partial charge in [-0.1, -0.05) is 44.5 Å². The van der Waals surface area contributed by atoms with Crippen LogP contribution in [-0.4, -0.2) is 26.1 Å². The molecule has 0 saturated heterocycles. The Bertz CT molecular complexity index is 1200. The van der Waals surface area contributed by atoms with E-state index < -0.39 is 10.1 Å². The van der Waals surface area contributed by atoms with Crippen molar-refractivity contribution in [2.45, 2.75) is 90.6 Å². The Balaban J connectivity index is 1.38. The predicted molar refractivity (Wildman–Crippen MR) is 134 cm³/mol. The molecule has 35 heavy (non-hydrogen) atoms. The standard InChI is InChI=1S/C29H38O5S/c1-18-6-8-22(9-7-18)35(32,33)34-21-13-15-27(3)20(16-21)12-14-28(4)25-11-10-23(19(2)30)29(25,5)17-24(31)26(27)28/h6-10,20-21,25-26H,11-17H2,1-5H3/t20-,21+,25-,26+,27-,28-,29+/m0/s1. The summed E-state index contributed by atoms with van der Waals surface area (Å²) >= 11 is 0. The van der Waals surface area contributed by atoms with Crippen LogP contribution >= 0.6 is 0 Å². The third kappa shape index (κ3) is 3.69. The van der Waals surface area contributed by atoms with Crippen LogP contribution in [0.5, 0.6) is 0 Å². The monoisotopic (exact) mass is 498 g/mol. The summed E-state index contributed by atoms with van der Waals surface area (Å²) in [4.78, 5) is 26.5. The number of ketones is 2. The van der Waals surface area contributed by atoms with Crippen molar-refractivity contribution in [3.63, 3.8) is 0 Å². The Morgan fingerprint density at radius 1 is 1.03 bits per heavy atom. The van der Waals surface area contributed by atoms with E-state index in [1.807, 2.05) is 6.92 Å². The molecule has 1 aromatic rings. The topological polar surface area (TPSA) is 77.5 Å². The number of fused-ring (bicyclic) bond motifs is 5. The minimum absolute atomic E-state index is 0.0545. The van der Waals surface area contributed by atoms with Gasteiger partial charge in [0.2, 0.25) is 0 Å². The maximum atomic E-state index is 13.9. The molecule has 4 aliphatic carbocycles. The minimum atomic E-state index is -3.82. The van der Waals surface area contributed by atoms with Gasteiger partial charge >= 0.3 is 0 Å². The molecule has 1 aromatic carbocycles. The van der Waals surface area contributed by atoms with Gasteiger partial charge in [0.15, 0.2) is 5.78 Å². The molecule has 0 N–H and O–H groups in total.